The molecule has 0 aliphatic carbocycles. The average Bonchev–Trinajstić information content (AvgIpc) is 2.77. The normalized spacial score (nSPS) is 11.7. The molecule has 1 N–H and O–H groups in total. The summed E-state index contributed by atoms with van der Waals surface area (Å²) in [5.41, 5.74) is 3.77. The number of thioether (sulfide) groups is 1. The van der Waals surface area contributed by atoms with Gasteiger partial charge in [0, 0.05) is 17.5 Å². The lowest BCUT2D eigenvalue weighted by molar-refractivity contribution is 0.0940. The SMILES string of the molecule is CCSCc1ccc(C(=O)NC(C)c2cccc(OCc3ccccn3)c2)cc1. The summed E-state index contributed by atoms with van der Waals surface area (Å²) >= 11 is 1.87. The molecule has 1 atom stereocenters. The number of ether oxygens (including phenoxy) is 1. The molecule has 2 aromatic carbocycles. The van der Waals surface area contributed by atoms with Gasteiger partial charge in [0.25, 0.3) is 5.91 Å². The van der Waals surface area contributed by atoms with Crippen LogP contribution in [0.15, 0.2) is 72.9 Å². The highest BCUT2D eigenvalue weighted by Crippen LogP contribution is 2.21. The Kier molecular flexibility index (Phi) is 7.70. The van der Waals surface area contributed by atoms with Gasteiger partial charge in [-0.25, -0.2) is 0 Å². The molecule has 5 heteroatoms. The predicted octanol–water partition coefficient (Wildman–Crippen LogP) is 5.40. The maximum absolute atomic E-state index is 12.6. The highest BCUT2D eigenvalue weighted by atomic mass is 32.2. The van der Waals surface area contributed by atoms with Crippen molar-refractivity contribution in [3.8, 4) is 5.75 Å². The van der Waals surface area contributed by atoms with Crippen LogP contribution in [0.1, 0.15) is 47.1 Å². The molecular weight excluding hydrogens is 380 g/mol. The van der Waals surface area contributed by atoms with Gasteiger partial charge < -0.3 is 10.1 Å². The van der Waals surface area contributed by atoms with Gasteiger partial charge in [0.1, 0.15) is 12.4 Å². The lowest BCUT2D eigenvalue weighted by atomic mass is 10.1. The van der Waals surface area contributed by atoms with Gasteiger partial charge in [-0.05, 0) is 60.2 Å². The highest BCUT2D eigenvalue weighted by Gasteiger charge is 2.12. The molecule has 0 aliphatic rings. The first kappa shape index (κ1) is 20.9. The van der Waals surface area contributed by atoms with Crippen LogP contribution < -0.4 is 10.1 Å². The lowest BCUT2D eigenvalue weighted by Crippen LogP contribution is -2.26. The first-order chi connectivity index (χ1) is 14.2. The Hall–Kier alpha value is -2.79. The lowest BCUT2D eigenvalue weighted by Gasteiger charge is -2.16. The first-order valence-electron chi connectivity index (χ1n) is 9.76. The van der Waals surface area contributed by atoms with Crippen LogP contribution in [0.25, 0.3) is 0 Å². The van der Waals surface area contributed by atoms with E-state index in [1.54, 1.807) is 6.20 Å². The molecular formula is C24H26N2O2S. The van der Waals surface area contributed by atoms with E-state index in [1.165, 1.54) is 5.56 Å². The molecule has 3 aromatic rings. The molecule has 0 bridgehead atoms. The quantitative estimate of drug-likeness (QED) is 0.517. The monoisotopic (exact) mass is 406 g/mol. The van der Waals surface area contributed by atoms with Crippen LogP contribution >= 0.6 is 11.8 Å². The van der Waals surface area contributed by atoms with Gasteiger partial charge in [-0.3, -0.25) is 9.78 Å². The number of nitrogens with one attached hydrogen (secondary N) is 1. The van der Waals surface area contributed by atoms with Crippen LogP contribution in [-0.4, -0.2) is 16.6 Å². The van der Waals surface area contributed by atoms with Gasteiger partial charge in [-0.15, -0.1) is 0 Å². The van der Waals surface area contributed by atoms with Crippen molar-refractivity contribution in [2.45, 2.75) is 32.2 Å². The molecule has 1 aromatic heterocycles. The fourth-order valence-electron chi connectivity index (χ4n) is 2.85. The van der Waals surface area contributed by atoms with Crippen LogP contribution in [0.2, 0.25) is 0 Å². The minimum absolute atomic E-state index is 0.0769. The first-order valence-corrected chi connectivity index (χ1v) is 10.9. The van der Waals surface area contributed by atoms with E-state index >= 15 is 0 Å². The van der Waals surface area contributed by atoms with E-state index in [9.17, 15) is 4.79 Å². The highest BCUT2D eigenvalue weighted by molar-refractivity contribution is 7.98. The summed E-state index contributed by atoms with van der Waals surface area (Å²) in [6, 6.07) is 21.2. The standard InChI is InChI=1S/C24H26N2O2S/c1-3-29-17-19-10-12-20(13-11-19)24(27)26-18(2)21-7-6-9-23(15-21)28-16-22-8-4-5-14-25-22/h4-15,18H,3,16-17H2,1-2H3,(H,26,27). The number of benzene rings is 2. The summed E-state index contributed by atoms with van der Waals surface area (Å²) in [6.45, 7) is 4.53. The molecule has 150 valence electrons. The van der Waals surface area contributed by atoms with Crippen molar-refractivity contribution in [3.63, 3.8) is 0 Å². The number of hydrogen-bond donors (Lipinski definition) is 1. The van der Waals surface area contributed by atoms with Gasteiger partial charge >= 0.3 is 0 Å². The van der Waals surface area contributed by atoms with Crippen LogP contribution in [0.5, 0.6) is 5.75 Å². The van der Waals surface area contributed by atoms with Crippen molar-refractivity contribution in [2.75, 3.05) is 5.75 Å². The zero-order valence-corrected chi connectivity index (χ0v) is 17.6. The Morgan fingerprint density at radius 3 is 2.66 bits per heavy atom. The van der Waals surface area contributed by atoms with Crippen molar-refractivity contribution in [2.24, 2.45) is 0 Å². The Morgan fingerprint density at radius 2 is 1.93 bits per heavy atom. The number of hydrogen-bond acceptors (Lipinski definition) is 4. The summed E-state index contributed by atoms with van der Waals surface area (Å²) in [7, 11) is 0. The molecule has 3 rings (SSSR count). The summed E-state index contributed by atoms with van der Waals surface area (Å²) in [5, 5.41) is 3.06. The van der Waals surface area contributed by atoms with Crippen molar-refractivity contribution < 1.29 is 9.53 Å². The fourth-order valence-corrected chi connectivity index (χ4v) is 3.48. The zero-order valence-electron chi connectivity index (χ0n) is 16.8. The van der Waals surface area contributed by atoms with Crippen molar-refractivity contribution >= 4 is 17.7 Å². The third-order valence-corrected chi connectivity index (χ3v) is 5.45. The van der Waals surface area contributed by atoms with E-state index < -0.39 is 0 Å². The third kappa shape index (κ3) is 6.36. The number of carbonyl (C=O) groups excluding carboxylic acids is 1. The largest absolute Gasteiger partial charge is 0.487 e. The average molecular weight is 407 g/mol. The number of amides is 1. The molecule has 29 heavy (non-hydrogen) atoms. The summed E-state index contributed by atoms with van der Waals surface area (Å²) in [6.07, 6.45) is 1.75. The second-order valence-corrected chi connectivity index (χ2v) is 7.99. The maximum Gasteiger partial charge on any atom is 0.251 e. The van der Waals surface area contributed by atoms with E-state index in [0.29, 0.717) is 12.2 Å². The molecule has 0 aliphatic heterocycles. The Bertz CT molecular complexity index is 914. The number of carbonyl (C=O) groups is 1. The molecule has 1 unspecified atom stereocenters. The summed E-state index contributed by atoms with van der Waals surface area (Å²) in [4.78, 5) is 16.9. The molecule has 0 radical (unpaired) electrons. The topological polar surface area (TPSA) is 51.2 Å². The van der Waals surface area contributed by atoms with E-state index in [2.05, 4.69) is 17.2 Å². The van der Waals surface area contributed by atoms with Crippen molar-refractivity contribution in [1.29, 1.82) is 0 Å². The molecule has 1 heterocycles. The molecule has 0 spiro atoms. The Labute approximate surface area is 176 Å². The molecule has 1 amide bonds. The minimum atomic E-state index is -0.128. The zero-order chi connectivity index (χ0) is 20.5. The second-order valence-electron chi connectivity index (χ2n) is 6.71. The molecule has 0 saturated carbocycles. The van der Waals surface area contributed by atoms with Gasteiger partial charge in [0.15, 0.2) is 0 Å². The number of aromatic nitrogens is 1. The fraction of sp³-hybridized carbons (Fsp3) is 0.250. The number of nitrogens with zero attached hydrogens (tertiary/aromatic N) is 1. The Morgan fingerprint density at radius 1 is 1.10 bits per heavy atom. The summed E-state index contributed by atoms with van der Waals surface area (Å²) < 4.78 is 5.84. The van der Waals surface area contributed by atoms with Gasteiger partial charge in [-0.1, -0.05) is 37.3 Å². The van der Waals surface area contributed by atoms with Gasteiger partial charge in [0.2, 0.25) is 0 Å². The van der Waals surface area contributed by atoms with Crippen LogP contribution in [0, 0.1) is 0 Å². The van der Waals surface area contributed by atoms with E-state index in [-0.39, 0.29) is 11.9 Å². The smallest absolute Gasteiger partial charge is 0.251 e. The maximum atomic E-state index is 12.6. The summed E-state index contributed by atoms with van der Waals surface area (Å²) in [5.74, 6) is 2.74. The van der Waals surface area contributed by atoms with Gasteiger partial charge in [0.05, 0.1) is 11.7 Å². The van der Waals surface area contributed by atoms with E-state index in [4.69, 9.17) is 4.74 Å². The second kappa shape index (κ2) is 10.7. The minimum Gasteiger partial charge on any atom is -0.487 e. The molecule has 0 saturated heterocycles. The third-order valence-electron chi connectivity index (χ3n) is 4.51. The number of rotatable bonds is 9. The van der Waals surface area contributed by atoms with Gasteiger partial charge in [-0.2, -0.15) is 11.8 Å². The molecule has 4 nitrogen and oxygen atoms in total. The predicted molar refractivity (Wildman–Crippen MR) is 119 cm³/mol. The number of pyridine rings is 1. The van der Waals surface area contributed by atoms with Crippen LogP contribution in [-0.2, 0) is 12.4 Å². The Balaban J connectivity index is 1.58. The van der Waals surface area contributed by atoms with E-state index in [0.717, 1.165) is 28.5 Å². The van der Waals surface area contributed by atoms with Crippen LogP contribution in [0.3, 0.4) is 0 Å². The van der Waals surface area contributed by atoms with Crippen LogP contribution in [0.4, 0.5) is 0 Å². The van der Waals surface area contributed by atoms with Crippen molar-refractivity contribution in [3.05, 3.63) is 95.3 Å². The molecule has 0 fully saturated rings. The van der Waals surface area contributed by atoms with Crippen molar-refractivity contribution in [1.82, 2.24) is 10.3 Å². The van der Waals surface area contributed by atoms with E-state index in [1.807, 2.05) is 85.4 Å².